The lowest BCUT2D eigenvalue weighted by Crippen LogP contribution is -1.70. The molecule has 0 aliphatic carbocycles. The molecule has 0 heteroatoms. The molecular formula is C17H29. The van der Waals surface area contributed by atoms with Gasteiger partial charge in [-0.1, -0.05) is 76.0 Å². The number of allylic oxidation sites excluding steroid dienone is 6. The third kappa shape index (κ3) is 15.2. The molecule has 0 N–H and O–H groups in total. The molecule has 0 amide bonds. The van der Waals surface area contributed by atoms with Crippen LogP contribution in [0.5, 0.6) is 0 Å². The first-order valence-corrected chi connectivity index (χ1v) is 7.16. The van der Waals surface area contributed by atoms with Crippen LogP contribution < -0.4 is 0 Å². The third-order valence-electron chi connectivity index (χ3n) is 2.64. The molecule has 0 nitrogen and oxygen atoms in total. The predicted molar refractivity (Wildman–Crippen MR) is 80.0 cm³/mol. The van der Waals surface area contributed by atoms with Gasteiger partial charge in [-0.2, -0.15) is 0 Å². The summed E-state index contributed by atoms with van der Waals surface area (Å²) in [5.41, 5.74) is 0. The van der Waals surface area contributed by atoms with Crippen molar-refractivity contribution in [1.29, 1.82) is 0 Å². The molecule has 0 bridgehead atoms. The normalized spacial score (nSPS) is 12.4. The van der Waals surface area contributed by atoms with Crippen molar-refractivity contribution in [3.63, 3.8) is 0 Å². The van der Waals surface area contributed by atoms with Crippen LogP contribution in [-0.2, 0) is 0 Å². The Hall–Kier alpha value is -0.780. The van der Waals surface area contributed by atoms with E-state index in [0.717, 1.165) is 19.3 Å². The van der Waals surface area contributed by atoms with Gasteiger partial charge in [-0.15, -0.1) is 0 Å². The summed E-state index contributed by atoms with van der Waals surface area (Å²) >= 11 is 0. The zero-order valence-corrected chi connectivity index (χ0v) is 11.5. The summed E-state index contributed by atoms with van der Waals surface area (Å²) in [7, 11) is 0. The van der Waals surface area contributed by atoms with Gasteiger partial charge >= 0.3 is 0 Å². The van der Waals surface area contributed by atoms with Crippen molar-refractivity contribution in [3.05, 3.63) is 43.4 Å². The minimum absolute atomic E-state index is 1.07. The molecule has 0 aromatic rings. The summed E-state index contributed by atoms with van der Waals surface area (Å²) in [5.74, 6) is 0. The minimum atomic E-state index is 1.07. The van der Waals surface area contributed by atoms with Crippen LogP contribution in [0.1, 0.15) is 64.7 Å². The molecule has 0 spiro atoms. The van der Waals surface area contributed by atoms with E-state index in [9.17, 15) is 0 Å². The molecule has 1 radical (unpaired) electrons. The van der Waals surface area contributed by atoms with Crippen LogP contribution in [0, 0.1) is 6.92 Å². The Labute approximate surface area is 109 Å². The molecule has 0 saturated heterocycles. The highest BCUT2D eigenvalue weighted by molar-refractivity contribution is 4.97. The van der Waals surface area contributed by atoms with E-state index in [0.29, 0.717) is 0 Å². The van der Waals surface area contributed by atoms with Gasteiger partial charge in [0, 0.05) is 0 Å². The van der Waals surface area contributed by atoms with E-state index >= 15 is 0 Å². The quantitative estimate of drug-likeness (QED) is 0.302. The van der Waals surface area contributed by atoms with Crippen molar-refractivity contribution in [2.24, 2.45) is 0 Å². The monoisotopic (exact) mass is 233 g/mol. The molecule has 0 aliphatic heterocycles. The molecule has 0 unspecified atom stereocenters. The maximum Gasteiger partial charge on any atom is -0.0169 e. The molecule has 0 atom stereocenters. The topological polar surface area (TPSA) is 0 Å². The average molecular weight is 233 g/mol. The highest BCUT2D eigenvalue weighted by atomic mass is 13.9. The van der Waals surface area contributed by atoms with E-state index in [2.05, 4.69) is 50.3 Å². The Morgan fingerprint density at radius 2 is 1.24 bits per heavy atom. The zero-order valence-electron chi connectivity index (χ0n) is 11.5. The van der Waals surface area contributed by atoms with Gasteiger partial charge in [0.05, 0.1) is 0 Å². The zero-order chi connectivity index (χ0) is 12.6. The van der Waals surface area contributed by atoms with E-state index in [1.165, 1.54) is 38.5 Å². The number of hydrogen-bond acceptors (Lipinski definition) is 0. The standard InChI is InChI=1S/C17H29/c1-3-5-7-9-11-13-15-17-16-14-12-10-8-6-4-2/h10-13,16-17H,1,3-9,14-15H2,2H3. The van der Waals surface area contributed by atoms with Gasteiger partial charge in [0.25, 0.3) is 0 Å². The van der Waals surface area contributed by atoms with E-state index in [1.807, 2.05) is 0 Å². The van der Waals surface area contributed by atoms with E-state index in [1.54, 1.807) is 0 Å². The van der Waals surface area contributed by atoms with Crippen molar-refractivity contribution in [2.45, 2.75) is 64.7 Å². The Morgan fingerprint density at radius 3 is 1.76 bits per heavy atom. The molecule has 0 aromatic heterocycles. The maximum absolute atomic E-state index is 3.84. The summed E-state index contributed by atoms with van der Waals surface area (Å²) in [6.45, 7) is 6.07. The predicted octanol–water partition coefficient (Wildman–Crippen LogP) is 6.02. The number of hydrogen-bond donors (Lipinski definition) is 0. The molecular weight excluding hydrogens is 204 g/mol. The lowest BCUT2D eigenvalue weighted by molar-refractivity contribution is 0.759. The SMILES string of the molecule is [CH2]CCCCC=CCC=CCC=CCCCC. The fraction of sp³-hybridized carbons (Fsp3) is 0.588. The first kappa shape index (κ1) is 16.2. The second-order valence-corrected chi connectivity index (χ2v) is 4.38. The van der Waals surface area contributed by atoms with Crippen LogP contribution in [0.2, 0.25) is 0 Å². The first-order chi connectivity index (χ1) is 8.41. The Morgan fingerprint density at radius 1 is 0.706 bits per heavy atom. The Kier molecular flexibility index (Phi) is 14.5. The summed E-state index contributed by atoms with van der Waals surface area (Å²) < 4.78 is 0. The highest BCUT2D eigenvalue weighted by Gasteiger charge is 1.81. The smallest absolute Gasteiger partial charge is 0.0169 e. The molecule has 17 heavy (non-hydrogen) atoms. The highest BCUT2D eigenvalue weighted by Crippen LogP contribution is 2.01. The first-order valence-electron chi connectivity index (χ1n) is 7.16. The summed E-state index contributed by atoms with van der Waals surface area (Å²) in [5, 5.41) is 0. The van der Waals surface area contributed by atoms with Crippen LogP contribution in [0.25, 0.3) is 0 Å². The Balaban J connectivity index is 3.27. The van der Waals surface area contributed by atoms with Gasteiger partial charge in [0.15, 0.2) is 0 Å². The molecule has 97 valence electrons. The van der Waals surface area contributed by atoms with Crippen LogP contribution in [0.15, 0.2) is 36.5 Å². The van der Waals surface area contributed by atoms with Crippen LogP contribution in [0.3, 0.4) is 0 Å². The van der Waals surface area contributed by atoms with Crippen LogP contribution >= 0.6 is 0 Å². The molecule has 0 rings (SSSR count). The van der Waals surface area contributed by atoms with Gasteiger partial charge in [0.1, 0.15) is 0 Å². The largest absolute Gasteiger partial charge is 0.0882 e. The van der Waals surface area contributed by atoms with Crippen molar-refractivity contribution >= 4 is 0 Å². The third-order valence-corrected chi connectivity index (χ3v) is 2.64. The van der Waals surface area contributed by atoms with Crippen LogP contribution in [0.4, 0.5) is 0 Å². The van der Waals surface area contributed by atoms with Gasteiger partial charge in [0.2, 0.25) is 0 Å². The van der Waals surface area contributed by atoms with Gasteiger partial charge in [-0.3, -0.25) is 0 Å². The second kappa shape index (κ2) is 15.2. The second-order valence-electron chi connectivity index (χ2n) is 4.38. The number of unbranched alkanes of at least 4 members (excludes halogenated alkanes) is 5. The van der Waals surface area contributed by atoms with Gasteiger partial charge in [-0.05, 0) is 32.1 Å². The van der Waals surface area contributed by atoms with Crippen LogP contribution in [-0.4, -0.2) is 0 Å². The van der Waals surface area contributed by atoms with Gasteiger partial charge in [-0.25, -0.2) is 0 Å². The average Bonchev–Trinajstić information content (AvgIpc) is 2.35. The summed E-state index contributed by atoms with van der Waals surface area (Å²) in [6.07, 6.45) is 24.4. The van der Waals surface area contributed by atoms with Crippen molar-refractivity contribution in [2.75, 3.05) is 0 Å². The molecule has 0 aromatic carbocycles. The molecule has 0 saturated carbocycles. The van der Waals surface area contributed by atoms with Crippen molar-refractivity contribution in [3.8, 4) is 0 Å². The summed E-state index contributed by atoms with van der Waals surface area (Å²) in [6, 6.07) is 0. The van der Waals surface area contributed by atoms with Crippen molar-refractivity contribution < 1.29 is 0 Å². The fourth-order valence-corrected chi connectivity index (χ4v) is 1.54. The molecule has 0 aliphatic rings. The summed E-state index contributed by atoms with van der Waals surface area (Å²) in [4.78, 5) is 0. The minimum Gasteiger partial charge on any atom is -0.0882 e. The molecule has 0 heterocycles. The van der Waals surface area contributed by atoms with E-state index in [-0.39, 0.29) is 0 Å². The lowest BCUT2D eigenvalue weighted by atomic mass is 10.2. The maximum atomic E-state index is 3.84. The Bertz CT molecular complexity index is 208. The van der Waals surface area contributed by atoms with Gasteiger partial charge < -0.3 is 0 Å². The number of rotatable bonds is 11. The fourth-order valence-electron chi connectivity index (χ4n) is 1.54. The van der Waals surface area contributed by atoms with E-state index in [4.69, 9.17) is 0 Å². The molecule has 0 fully saturated rings. The van der Waals surface area contributed by atoms with Crippen molar-refractivity contribution in [1.82, 2.24) is 0 Å². The van der Waals surface area contributed by atoms with E-state index < -0.39 is 0 Å². The lowest BCUT2D eigenvalue weighted by Gasteiger charge is -1.90.